The second kappa shape index (κ2) is 4.10. The number of amides is 1. The van der Waals surface area contributed by atoms with E-state index in [1.54, 1.807) is 0 Å². The molecule has 6 N–H and O–H groups in total. The van der Waals surface area contributed by atoms with Gasteiger partial charge in [0.15, 0.2) is 0 Å². The molecular formula is C5H7Cl2N3O. The summed E-state index contributed by atoms with van der Waals surface area (Å²) in [5, 5.41) is -0.135. The van der Waals surface area contributed by atoms with Crippen LogP contribution in [0.3, 0.4) is 0 Å². The van der Waals surface area contributed by atoms with Crippen LogP contribution in [0.1, 0.15) is 0 Å². The number of allylic oxidation sites excluding steroid dienone is 2. The minimum atomic E-state index is -0.816. The van der Waals surface area contributed by atoms with Crippen molar-refractivity contribution >= 4 is 29.1 Å². The molecule has 62 valence electrons. The minimum Gasteiger partial charge on any atom is -0.393 e. The van der Waals surface area contributed by atoms with E-state index in [0.717, 1.165) is 6.08 Å². The Morgan fingerprint density at radius 2 is 1.64 bits per heavy atom. The Hall–Kier alpha value is -0.870. The highest BCUT2D eigenvalue weighted by molar-refractivity contribution is 6.35. The summed E-state index contributed by atoms with van der Waals surface area (Å²) in [5.41, 5.74) is 14.7. The van der Waals surface area contributed by atoms with E-state index in [1.807, 2.05) is 0 Å². The zero-order chi connectivity index (χ0) is 9.02. The van der Waals surface area contributed by atoms with Crippen molar-refractivity contribution in [2.45, 2.75) is 0 Å². The quantitative estimate of drug-likeness (QED) is 0.327. The first-order chi connectivity index (χ1) is 4.95. The van der Waals surface area contributed by atoms with Gasteiger partial charge in [-0.2, -0.15) is 0 Å². The highest BCUT2D eigenvalue weighted by atomic mass is 35.5. The van der Waals surface area contributed by atoms with E-state index in [-0.39, 0.29) is 15.9 Å². The van der Waals surface area contributed by atoms with E-state index >= 15 is 0 Å². The highest BCUT2D eigenvalue weighted by Crippen LogP contribution is 2.09. The smallest absolute Gasteiger partial charge is 0.266 e. The van der Waals surface area contributed by atoms with E-state index in [4.69, 9.17) is 40.4 Å². The maximum absolute atomic E-state index is 10.4. The molecule has 11 heavy (non-hydrogen) atoms. The molecule has 0 aliphatic heterocycles. The lowest BCUT2D eigenvalue weighted by molar-refractivity contribution is -0.114. The molecule has 1 amide bonds. The molecule has 0 aromatic rings. The van der Waals surface area contributed by atoms with E-state index in [1.165, 1.54) is 0 Å². The van der Waals surface area contributed by atoms with E-state index < -0.39 is 5.91 Å². The van der Waals surface area contributed by atoms with Crippen LogP contribution in [-0.4, -0.2) is 5.91 Å². The summed E-state index contributed by atoms with van der Waals surface area (Å²) in [4.78, 5) is 10.4. The van der Waals surface area contributed by atoms with Crippen LogP contribution >= 0.6 is 23.2 Å². The second-order valence-corrected chi connectivity index (χ2v) is 2.50. The second-order valence-electron chi connectivity index (χ2n) is 1.66. The summed E-state index contributed by atoms with van der Waals surface area (Å²) >= 11 is 10.7. The third-order valence-electron chi connectivity index (χ3n) is 0.787. The molecule has 0 aliphatic rings. The van der Waals surface area contributed by atoms with Gasteiger partial charge in [-0.05, 0) is 6.08 Å². The lowest BCUT2D eigenvalue weighted by Crippen LogP contribution is -2.21. The van der Waals surface area contributed by atoms with E-state index in [2.05, 4.69) is 0 Å². The molecule has 0 aromatic heterocycles. The number of halogens is 2. The van der Waals surface area contributed by atoms with Crippen molar-refractivity contribution in [3.63, 3.8) is 0 Å². The Labute approximate surface area is 73.6 Å². The van der Waals surface area contributed by atoms with E-state index in [0.29, 0.717) is 0 Å². The lowest BCUT2D eigenvalue weighted by atomic mass is 10.4. The normalized spacial score (nSPS) is 14.2. The first-order valence-corrected chi connectivity index (χ1v) is 3.28. The van der Waals surface area contributed by atoms with Gasteiger partial charge in [-0.15, -0.1) is 0 Å². The van der Waals surface area contributed by atoms with Gasteiger partial charge >= 0.3 is 0 Å². The number of hydrogen-bond acceptors (Lipinski definition) is 3. The van der Waals surface area contributed by atoms with Crippen LogP contribution in [0, 0.1) is 0 Å². The standard InChI is InChI=1S/C5H7Cl2N3O/c6-2(1-3(7)8)4(9)5(10)11/h1H,8-9H2,(H2,10,11)/b3-1-,4-2+. The van der Waals surface area contributed by atoms with Crippen LogP contribution in [0.15, 0.2) is 22.0 Å². The fraction of sp³-hybridized carbons (Fsp3) is 0. The lowest BCUT2D eigenvalue weighted by Gasteiger charge is -1.95. The third kappa shape index (κ3) is 3.75. The molecular weight excluding hydrogens is 189 g/mol. The first-order valence-electron chi connectivity index (χ1n) is 2.53. The molecule has 0 saturated heterocycles. The van der Waals surface area contributed by atoms with Crippen molar-refractivity contribution in [1.82, 2.24) is 0 Å². The van der Waals surface area contributed by atoms with Gasteiger partial charge in [0.25, 0.3) is 5.91 Å². The predicted molar refractivity (Wildman–Crippen MR) is 44.4 cm³/mol. The van der Waals surface area contributed by atoms with Crippen molar-refractivity contribution in [1.29, 1.82) is 0 Å². The van der Waals surface area contributed by atoms with Crippen molar-refractivity contribution in [2.24, 2.45) is 17.2 Å². The molecule has 0 rings (SSSR count). The van der Waals surface area contributed by atoms with Crippen LogP contribution in [0.25, 0.3) is 0 Å². The van der Waals surface area contributed by atoms with E-state index in [9.17, 15) is 4.79 Å². The van der Waals surface area contributed by atoms with Crippen LogP contribution in [-0.2, 0) is 4.79 Å². The molecule has 0 spiro atoms. The van der Waals surface area contributed by atoms with Crippen LogP contribution in [0.2, 0.25) is 0 Å². The molecule has 0 radical (unpaired) electrons. The number of primary amides is 1. The zero-order valence-corrected chi connectivity index (χ0v) is 6.99. The number of carbonyl (C=O) groups excluding carboxylic acids is 1. The van der Waals surface area contributed by atoms with Gasteiger partial charge in [0.05, 0.1) is 5.03 Å². The summed E-state index contributed by atoms with van der Waals surface area (Å²) in [5.74, 6) is -0.816. The fourth-order valence-corrected chi connectivity index (χ4v) is 0.692. The SMILES string of the molecule is NC(=O)/C(N)=C(Cl)/C=C(\N)Cl. The van der Waals surface area contributed by atoms with Crippen molar-refractivity contribution in [3.8, 4) is 0 Å². The molecule has 4 nitrogen and oxygen atoms in total. The van der Waals surface area contributed by atoms with Crippen LogP contribution in [0.4, 0.5) is 0 Å². The van der Waals surface area contributed by atoms with Crippen molar-refractivity contribution in [2.75, 3.05) is 0 Å². The monoisotopic (exact) mass is 195 g/mol. The topological polar surface area (TPSA) is 95.1 Å². The van der Waals surface area contributed by atoms with Crippen molar-refractivity contribution in [3.05, 3.63) is 22.0 Å². The molecule has 0 saturated carbocycles. The Morgan fingerprint density at radius 1 is 1.18 bits per heavy atom. The highest BCUT2D eigenvalue weighted by Gasteiger charge is 2.03. The Morgan fingerprint density at radius 3 is 1.91 bits per heavy atom. The molecule has 0 unspecified atom stereocenters. The minimum absolute atomic E-state index is 0.0648. The molecule has 0 fully saturated rings. The summed E-state index contributed by atoms with van der Waals surface area (Å²) in [7, 11) is 0. The maximum Gasteiger partial charge on any atom is 0.266 e. The summed E-state index contributed by atoms with van der Waals surface area (Å²) in [6.07, 6.45) is 1.13. The fourth-order valence-electron chi connectivity index (χ4n) is 0.317. The largest absolute Gasteiger partial charge is 0.393 e. The van der Waals surface area contributed by atoms with Gasteiger partial charge < -0.3 is 17.2 Å². The molecule has 6 heteroatoms. The number of carbonyl (C=O) groups is 1. The van der Waals surface area contributed by atoms with Crippen LogP contribution in [0.5, 0.6) is 0 Å². The summed E-state index contributed by atoms with van der Waals surface area (Å²) < 4.78 is 0. The Balaban J connectivity index is 4.68. The summed E-state index contributed by atoms with van der Waals surface area (Å²) in [6, 6.07) is 0. The number of hydrogen-bond donors (Lipinski definition) is 3. The molecule has 0 atom stereocenters. The van der Waals surface area contributed by atoms with Crippen molar-refractivity contribution < 1.29 is 4.79 Å². The maximum atomic E-state index is 10.4. The van der Waals surface area contributed by atoms with Gasteiger partial charge in [0.2, 0.25) is 0 Å². The molecule has 0 bridgehead atoms. The Kier molecular flexibility index (Phi) is 3.78. The average Bonchev–Trinajstić information content (AvgIpc) is 1.84. The number of nitrogens with two attached hydrogens (primary N) is 3. The Bertz CT molecular complexity index is 230. The summed E-state index contributed by atoms with van der Waals surface area (Å²) in [6.45, 7) is 0. The molecule has 0 heterocycles. The van der Waals surface area contributed by atoms with Crippen LogP contribution < -0.4 is 17.2 Å². The molecule has 0 aromatic carbocycles. The average molecular weight is 196 g/mol. The van der Waals surface area contributed by atoms with Gasteiger partial charge in [-0.3, -0.25) is 4.79 Å². The number of rotatable bonds is 2. The van der Waals surface area contributed by atoms with Gasteiger partial charge in [0.1, 0.15) is 10.9 Å². The first kappa shape index (κ1) is 10.1. The predicted octanol–water partition coefficient (Wildman–Crippen LogP) is -0.0803. The molecule has 0 aliphatic carbocycles. The van der Waals surface area contributed by atoms with Gasteiger partial charge in [0, 0.05) is 0 Å². The third-order valence-corrected chi connectivity index (χ3v) is 1.21. The van der Waals surface area contributed by atoms with Gasteiger partial charge in [-0.25, -0.2) is 0 Å². The van der Waals surface area contributed by atoms with Gasteiger partial charge in [-0.1, -0.05) is 23.2 Å². The zero-order valence-electron chi connectivity index (χ0n) is 5.47.